The number of urea groups is 1. The molecule has 1 saturated carbocycles. The number of carboxylic acids is 1. The van der Waals surface area contributed by atoms with Crippen LogP contribution in [0.5, 0.6) is 0 Å². The van der Waals surface area contributed by atoms with Gasteiger partial charge in [0.2, 0.25) is 0 Å². The van der Waals surface area contributed by atoms with Gasteiger partial charge in [-0.3, -0.25) is 9.69 Å². The molecule has 1 fully saturated rings. The van der Waals surface area contributed by atoms with Crippen molar-refractivity contribution in [3.05, 3.63) is 35.4 Å². The Balaban J connectivity index is 1.70. The van der Waals surface area contributed by atoms with Crippen LogP contribution in [0.25, 0.3) is 0 Å². The first-order valence-corrected chi connectivity index (χ1v) is 9.90. The van der Waals surface area contributed by atoms with E-state index in [-0.39, 0.29) is 30.7 Å². The van der Waals surface area contributed by atoms with E-state index in [2.05, 4.69) is 48.7 Å². The fraction of sp³-hybridized carbons (Fsp3) is 0.619. The summed E-state index contributed by atoms with van der Waals surface area (Å²) in [4.78, 5) is 25.0. The molecule has 0 spiro atoms. The molecule has 1 aromatic carbocycles. The zero-order chi connectivity index (χ0) is 20.0. The number of aliphatic carboxylic acids is 1. The van der Waals surface area contributed by atoms with Gasteiger partial charge in [0.05, 0.1) is 6.54 Å². The van der Waals surface area contributed by atoms with Crippen molar-refractivity contribution >= 4 is 12.0 Å². The Morgan fingerprint density at radius 2 is 1.81 bits per heavy atom. The highest BCUT2D eigenvalue weighted by Crippen LogP contribution is 2.25. The third kappa shape index (κ3) is 6.54. The highest BCUT2D eigenvalue weighted by atomic mass is 16.4. The van der Waals surface area contributed by atoms with E-state index in [4.69, 9.17) is 5.11 Å². The molecular weight excluding hydrogens is 342 g/mol. The number of hydrogen-bond acceptors (Lipinski definition) is 3. The summed E-state index contributed by atoms with van der Waals surface area (Å²) < 4.78 is 0. The van der Waals surface area contributed by atoms with Gasteiger partial charge < -0.3 is 15.7 Å². The van der Waals surface area contributed by atoms with Gasteiger partial charge in [0.15, 0.2) is 0 Å². The second-order valence-electron chi connectivity index (χ2n) is 7.90. The van der Waals surface area contributed by atoms with Crippen LogP contribution in [-0.4, -0.2) is 53.2 Å². The van der Waals surface area contributed by atoms with Gasteiger partial charge in [-0.05, 0) is 49.8 Å². The highest BCUT2D eigenvalue weighted by molar-refractivity contribution is 5.74. The number of carboxylic acid groups (broad SMARTS) is 1. The van der Waals surface area contributed by atoms with Crippen LogP contribution in [0.3, 0.4) is 0 Å². The molecule has 1 atom stereocenters. The Kier molecular flexibility index (Phi) is 7.66. The third-order valence-electron chi connectivity index (χ3n) is 5.28. The fourth-order valence-electron chi connectivity index (χ4n) is 3.57. The minimum Gasteiger partial charge on any atom is -0.480 e. The van der Waals surface area contributed by atoms with Crippen molar-refractivity contribution in [2.24, 2.45) is 0 Å². The minimum atomic E-state index is -0.804. The SMILES string of the molecule is CCN(CC(=O)O)C1CC(NC(=O)NC(C)Cc2ccc(C(C)C)cc2)C1. The number of likely N-dealkylation sites (N-methyl/N-ethyl adjacent to an activating group) is 1. The summed E-state index contributed by atoms with van der Waals surface area (Å²) in [6.45, 7) is 9.10. The second kappa shape index (κ2) is 9.74. The first-order chi connectivity index (χ1) is 12.8. The number of nitrogens with one attached hydrogen (secondary N) is 2. The largest absolute Gasteiger partial charge is 0.480 e. The quantitative estimate of drug-likeness (QED) is 0.620. The van der Waals surface area contributed by atoms with E-state index in [1.807, 2.05) is 18.7 Å². The van der Waals surface area contributed by atoms with Gasteiger partial charge in [-0.1, -0.05) is 45.0 Å². The average molecular weight is 376 g/mol. The van der Waals surface area contributed by atoms with Crippen LogP contribution in [0, 0.1) is 0 Å². The monoisotopic (exact) mass is 375 g/mol. The molecule has 1 aromatic rings. The number of nitrogens with zero attached hydrogens (tertiary/aromatic N) is 1. The lowest BCUT2D eigenvalue weighted by Gasteiger charge is -2.42. The molecule has 1 aliphatic rings. The first kappa shape index (κ1) is 21.2. The Morgan fingerprint density at radius 3 is 2.33 bits per heavy atom. The summed E-state index contributed by atoms with van der Waals surface area (Å²) in [6.07, 6.45) is 2.40. The summed E-state index contributed by atoms with van der Waals surface area (Å²) in [7, 11) is 0. The maximum absolute atomic E-state index is 12.2. The van der Waals surface area contributed by atoms with Crippen molar-refractivity contribution < 1.29 is 14.7 Å². The predicted molar refractivity (Wildman–Crippen MR) is 107 cm³/mol. The van der Waals surface area contributed by atoms with Crippen molar-refractivity contribution in [2.75, 3.05) is 13.1 Å². The molecule has 27 heavy (non-hydrogen) atoms. The fourth-order valence-corrected chi connectivity index (χ4v) is 3.57. The minimum absolute atomic E-state index is 0.0462. The summed E-state index contributed by atoms with van der Waals surface area (Å²) in [5.41, 5.74) is 2.53. The van der Waals surface area contributed by atoms with Crippen molar-refractivity contribution in [1.82, 2.24) is 15.5 Å². The van der Waals surface area contributed by atoms with Crippen LogP contribution in [0.2, 0.25) is 0 Å². The summed E-state index contributed by atoms with van der Waals surface area (Å²) in [6, 6.07) is 8.82. The molecule has 3 N–H and O–H groups in total. The molecule has 0 aromatic heterocycles. The van der Waals surface area contributed by atoms with E-state index >= 15 is 0 Å². The van der Waals surface area contributed by atoms with E-state index in [0.717, 1.165) is 19.3 Å². The van der Waals surface area contributed by atoms with Gasteiger partial charge >= 0.3 is 12.0 Å². The zero-order valence-electron chi connectivity index (χ0n) is 16.9. The molecule has 6 heteroatoms. The molecule has 150 valence electrons. The summed E-state index contributed by atoms with van der Waals surface area (Å²) in [5.74, 6) is -0.285. The topological polar surface area (TPSA) is 81.7 Å². The molecule has 6 nitrogen and oxygen atoms in total. The molecule has 2 rings (SSSR count). The van der Waals surface area contributed by atoms with E-state index in [0.29, 0.717) is 12.5 Å². The molecule has 0 heterocycles. The second-order valence-corrected chi connectivity index (χ2v) is 7.90. The van der Waals surface area contributed by atoms with Crippen molar-refractivity contribution in [3.63, 3.8) is 0 Å². The number of amides is 2. The standard InChI is InChI=1S/C21H33N3O3/c1-5-24(13-20(25)26)19-11-18(12-19)23-21(27)22-15(4)10-16-6-8-17(9-7-16)14(2)3/h6-9,14-15,18-19H,5,10-13H2,1-4H3,(H,25,26)(H2,22,23,27). The third-order valence-corrected chi connectivity index (χ3v) is 5.28. The zero-order valence-corrected chi connectivity index (χ0v) is 16.9. The molecular formula is C21H33N3O3. The molecule has 0 aliphatic heterocycles. The molecule has 2 amide bonds. The first-order valence-electron chi connectivity index (χ1n) is 9.90. The summed E-state index contributed by atoms with van der Waals surface area (Å²) >= 11 is 0. The van der Waals surface area contributed by atoms with Gasteiger partial charge in [0, 0.05) is 18.1 Å². The van der Waals surface area contributed by atoms with Crippen LogP contribution in [0.4, 0.5) is 4.79 Å². The Morgan fingerprint density at radius 1 is 1.19 bits per heavy atom. The van der Waals surface area contributed by atoms with Crippen LogP contribution in [0.1, 0.15) is 57.6 Å². The van der Waals surface area contributed by atoms with Crippen LogP contribution >= 0.6 is 0 Å². The maximum atomic E-state index is 12.2. The molecule has 0 radical (unpaired) electrons. The number of carbonyl (C=O) groups excluding carboxylic acids is 1. The number of carbonyl (C=O) groups is 2. The van der Waals surface area contributed by atoms with Crippen LogP contribution < -0.4 is 10.6 Å². The lowest BCUT2D eigenvalue weighted by Crippen LogP contribution is -2.57. The average Bonchev–Trinajstić information content (AvgIpc) is 2.56. The van der Waals surface area contributed by atoms with E-state index < -0.39 is 5.97 Å². The van der Waals surface area contributed by atoms with Gasteiger partial charge in [0.25, 0.3) is 0 Å². The number of hydrogen-bond donors (Lipinski definition) is 3. The van der Waals surface area contributed by atoms with E-state index in [1.54, 1.807) is 0 Å². The van der Waals surface area contributed by atoms with E-state index in [1.165, 1.54) is 11.1 Å². The van der Waals surface area contributed by atoms with E-state index in [9.17, 15) is 9.59 Å². The highest BCUT2D eigenvalue weighted by Gasteiger charge is 2.34. The Bertz CT molecular complexity index is 624. The number of rotatable bonds is 9. The molecule has 1 unspecified atom stereocenters. The molecule has 1 aliphatic carbocycles. The van der Waals surface area contributed by atoms with Gasteiger partial charge in [-0.2, -0.15) is 0 Å². The smallest absolute Gasteiger partial charge is 0.317 e. The Hall–Kier alpha value is -2.08. The van der Waals surface area contributed by atoms with Gasteiger partial charge in [-0.15, -0.1) is 0 Å². The summed E-state index contributed by atoms with van der Waals surface area (Å²) in [5, 5.41) is 14.9. The normalized spacial score (nSPS) is 20.2. The lowest BCUT2D eigenvalue weighted by atomic mass is 9.85. The Labute approximate surface area is 162 Å². The number of benzene rings is 1. The van der Waals surface area contributed by atoms with Gasteiger partial charge in [0.1, 0.15) is 0 Å². The molecule has 0 bridgehead atoms. The van der Waals surface area contributed by atoms with Gasteiger partial charge in [-0.25, -0.2) is 4.79 Å². The van der Waals surface area contributed by atoms with Crippen LogP contribution in [0.15, 0.2) is 24.3 Å². The maximum Gasteiger partial charge on any atom is 0.317 e. The predicted octanol–water partition coefficient (Wildman–Crippen LogP) is 2.98. The van der Waals surface area contributed by atoms with Crippen molar-refractivity contribution in [3.8, 4) is 0 Å². The van der Waals surface area contributed by atoms with Crippen LogP contribution in [-0.2, 0) is 11.2 Å². The lowest BCUT2D eigenvalue weighted by molar-refractivity contribution is -0.139. The van der Waals surface area contributed by atoms with Crippen molar-refractivity contribution in [1.29, 1.82) is 0 Å². The molecule has 0 saturated heterocycles. The van der Waals surface area contributed by atoms with Crippen molar-refractivity contribution in [2.45, 2.75) is 71.0 Å².